The third kappa shape index (κ3) is 0.621. The summed E-state index contributed by atoms with van der Waals surface area (Å²) in [4.78, 5) is 10.3. The van der Waals surface area contributed by atoms with Crippen LogP contribution in [0, 0.1) is 0 Å². The van der Waals surface area contributed by atoms with E-state index in [2.05, 4.69) is 0 Å². The summed E-state index contributed by atoms with van der Waals surface area (Å²) >= 11 is 0. The van der Waals surface area contributed by atoms with Gasteiger partial charge in [0.2, 0.25) is 0 Å². The molecule has 0 aliphatic heterocycles. The number of rotatable bonds is 1. The first-order valence-electron chi connectivity index (χ1n) is 2.88. The Morgan fingerprint density at radius 1 is 1.62 bits per heavy atom. The molecule has 1 fully saturated rings. The van der Waals surface area contributed by atoms with E-state index >= 15 is 0 Å². The Hall–Kier alpha value is -0.465. The van der Waals surface area contributed by atoms with Crippen molar-refractivity contribution >= 4 is 13.8 Å². The zero-order chi connectivity index (χ0) is 6.20. The van der Waals surface area contributed by atoms with Crippen LogP contribution in [0.1, 0.15) is 19.3 Å². The van der Waals surface area contributed by atoms with E-state index < -0.39 is 5.97 Å². The van der Waals surface area contributed by atoms with Crippen molar-refractivity contribution in [3.8, 4) is 0 Å². The Labute approximate surface area is 49.3 Å². The fourth-order valence-corrected chi connectivity index (χ4v) is 0.921. The molecular formula is C5H9BO2. The highest BCUT2D eigenvalue weighted by atomic mass is 16.4. The van der Waals surface area contributed by atoms with Gasteiger partial charge in [0.1, 0.15) is 7.85 Å². The second-order valence-corrected chi connectivity index (χ2v) is 2.72. The molecule has 0 aromatic heterocycles. The first-order valence-corrected chi connectivity index (χ1v) is 2.88. The van der Waals surface area contributed by atoms with Crippen molar-refractivity contribution < 1.29 is 9.90 Å². The summed E-state index contributed by atoms with van der Waals surface area (Å²) in [5, 5.41) is 8.13. The lowest BCUT2D eigenvalue weighted by molar-refractivity contribution is -0.143. The summed E-state index contributed by atoms with van der Waals surface area (Å²) in [6.07, 6.45) is 2.81. The van der Waals surface area contributed by atoms with E-state index in [4.69, 9.17) is 5.11 Å². The van der Waals surface area contributed by atoms with Gasteiger partial charge in [0, 0.05) is 5.31 Å². The molecule has 0 bridgehead atoms. The highest BCUT2D eigenvalue weighted by Gasteiger charge is 2.38. The molecule has 3 heteroatoms. The topological polar surface area (TPSA) is 37.3 Å². The summed E-state index contributed by atoms with van der Waals surface area (Å²) in [5.74, 6) is -0.635. The predicted molar refractivity (Wildman–Crippen MR) is 32.7 cm³/mol. The molecule has 1 aliphatic carbocycles. The summed E-state index contributed by atoms with van der Waals surface area (Å²) in [7, 11) is 1.80. The van der Waals surface area contributed by atoms with Gasteiger partial charge >= 0.3 is 5.97 Å². The molecule has 0 saturated heterocycles. The highest BCUT2D eigenvalue weighted by Crippen LogP contribution is 2.44. The number of carboxylic acid groups (broad SMARTS) is 1. The maximum absolute atomic E-state index is 10.3. The summed E-state index contributed by atoms with van der Waals surface area (Å²) < 4.78 is 0. The quantitative estimate of drug-likeness (QED) is 0.486. The van der Waals surface area contributed by atoms with Crippen molar-refractivity contribution in [1.29, 1.82) is 0 Å². The molecule has 0 aromatic carbocycles. The molecule has 1 saturated carbocycles. The van der Waals surface area contributed by atoms with E-state index in [0.717, 1.165) is 19.3 Å². The van der Waals surface area contributed by atoms with Crippen molar-refractivity contribution in [3.63, 3.8) is 0 Å². The first kappa shape index (κ1) is 5.67. The van der Waals surface area contributed by atoms with Crippen LogP contribution in [-0.2, 0) is 4.79 Å². The predicted octanol–water partition coefficient (Wildman–Crippen LogP) is 0.0467. The van der Waals surface area contributed by atoms with Crippen molar-refractivity contribution in [2.45, 2.75) is 24.6 Å². The molecule has 0 atom stereocenters. The number of hydrogen-bond acceptors (Lipinski definition) is 1. The van der Waals surface area contributed by atoms with Crippen molar-refractivity contribution in [2.75, 3.05) is 0 Å². The third-order valence-electron chi connectivity index (χ3n) is 1.97. The highest BCUT2D eigenvalue weighted by molar-refractivity contribution is 6.27. The van der Waals surface area contributed by atoms with Gasteiger partial charge in [0.25, 0.3) is 0 Å². The van der Waals surface area contributed by atoms with Crippen LogP contribution in [0.2, 0.25) is 5.31 Å². The van der Waals surface area contributed by atoms with Gasteiger partial charge in [-0.3, -0.25) is 4.79 Å². The second kappa shape index (κ2) is 1.50. The zero-order valence-corrected chi connectivity index (χ0v) is 4.98. The minimum atomic E-state index is -0.635. The Balaban J connectivity index is 2.53. The van der Waals surface area contributed by atoms with Crippen LogP contribution in [-0.4, -0.2) is 18.9 Å². The van der Waals surface area contributed by atoms with Crippen LogP contribution in [0.3, 0.4) is 0 Å². The molecule has 8 heavy (non-hydrogen) atoms. The van der Waals surface area contributed by atoms with Gasteiger partial charge < -0.3 is 5.11 Å². The second-order valence-electron chi connectivity index (χ2n) is 2.72. The van der Waals surface area contributed by atoms with Crippen LogP contribution in [0.5, 0.6) is 0 Å². The van der Waals surface area contributed by atoms with Crippen LogP contribution < -0.4 is 0 Å². The number of aliphatic carboxylic acids is 1. The Morgan fingerprint density at radius 3 is 2.12 bits per heavy atom. The fraction of sp³-hybridized carbons (Fsp3) is 0.800. The van der Waals surface area contributed by atoms with Gasteiger partial charge in [-0.25, -0.2) is 0 Å². The minimum absolute atomic E-state index is 0.361. The first-order chi connectivity index (χ1) is 3.65. The molecule has 44 valence electrons. The SMILES string of the molecule is BC1(C(=O)O)CCC1. The molecule has 2 nitrogen and oxygen atoms in total. The largest absolute Gasteiger partial charge is 0.481 e. The molecule has 1 N–H and O–H groups in total. The van der Waals surface area contributed by atoms with E-state index in [1.807, 2.05) is 0 Å². The van der Waals surface area contributed by atoms with Crippen molar-refractivity contribution in [2.24, 2.45) is 0 Å². The zero-order valence-electron chi connectivity index (χ0n) is 4.98. The molecule has 0 aromatic rings. The standard InChI is InChI=1S/C5H9BO2/c6-5(4(7)8)2-1-3-5/h1-3,6H2,(H,7,8). The molecular weight excluding hydrogens is 103 g/mol. The smallest absolute Gasteiger partial charge is 0.301 e. The molecule has 1 rings (SSSR count). The molecule has 0 radical (unpaired) electrons. The van der Waals surface area contributed by atoms with Crippen LogP contribution in [0.15, 0.2) is 0 Å². The van der Waals surface area contributed by atoms with Crippen molar-refractivity contribution in [1.82, 2.24) is 0 Å². The lowest BCUT2D eigenvalue weighted by atomic mass is 9.55. The van der Waals surface area contributed by atoms with Gasteiger partial charge in [-0.15, -0.1) is 0 Å². The average molecular weight is 112 g/mol. The van der Waals surface area contributed by atoms with E-state index in [0.29, 0.717) is 0 Å². The van der Waals surface area contributed by atoms with Gasteiger partial charge in [-0.2, -0.15) is 0 Å². The van der Waals surface area contributed by atoms with Crippen LogP contribution >= 0.6 is 0 Å². The summed E-state index contributed by atoms with van der Waals surface area (Å²) in [6.45, 7) is 0. The fourth-order valence-electron chi connectivity index (χ4n) is 0.921. The average Bonchev–Trinajstić information content (AvgIpc) is 1.60. The van der Waals surface area contributed by atoms with E-state index in [-0.39, 0.29) is 5.31 Å². The van der Waals surface area contributed by atoms with Crippen LogP contribution in [0.4, 0.5) is 0 Å². The number of carboxylic acids is 1. The molecule has 0 amide bonds. The van der Waals surface area contributed by atoms with Gasteiger partial charge in [0.15, 0.2) is 0 Å². The summed E-state index contributed by atoms with van der Waals surface area (Å²) in [6, 6.07) is 0. The molecule has 0 spiro atoms. The lowest BCUT2D eigenvalue weighted by Crippen LogP contribution is -2.30. The van der Waals surface area contributed by atoms with E-state index in [1.54, 1.807) is 7.85 Å². The van der Waals surface area contributed by atoms with E-state index in [1.165, 1.54) is 0 Å². The van der Waals surface area contributed by atoms with E-state index in [9.17, 15) is 4.79 Å². The van der Waals surface area contributed by atoms with Gasteiger partial charge in [-0.1, -0.05) is 6.42 Å². The molecule has 0 heterocycles. The van der Waals surface area contributed by atoms with Crippen LogP contribution in [0.25, 0.3) is 0 Å². The Morgan fingerprint density at radius 2 is 2.12 bits per heavy atom. The van der Waals surface area contributed by atoms with Crippen molar-refractivity contribution in [3.05, 3.63) is 0 Å². The Bertz CT molecular complexity index is 118. The third-order valence-corrected chi connectivity index (χ3v) is 1.97. The number of hydrogen-bond donors (Lipinski definition) is 1. The Kier molecular flexibility index (Phi) is 1.07. The minimum Gasteiger partial charge on any atom is -0.481 e. The lowest BCUT2D eigenvalue weighted by Gasteiger charge is -2.33. The van der Waals surface area contributed by atoms with Gasteiger partial charge in [0.05, 0.1) is 0 Å². The maximum Gasteiger partial charge on any atom is 0.301 e. The van der Waals surface area contributed by atoms with Gasteiger partial charge in [-0.05, 0) is 12.8 Å². The maximum atomic E-state index is 10.3. The summed E-state index contributed by atoms with van der Waals surface area (Å²) in [5.41, 5.74) is 0. The molecule has 0 unspecified atom stereocenters. The monoisotopic (exact) mass is 112 g/mol. The number of carbonyl (C=O) groups is 1. The molecule has 1 aliphatic rings. The normalized spacial score (nSPS) is 24.0.